The molecule has 3 rings (SSSR count). The van der Waals surface area contributed by atoms with E-state index in [-0.39, 0.29) is 19.1 Å². The van der Waals surface area contributed by atoms with Crippen molar-refractivity contribution < 1.29 is 19.1 Å². The number of nitrogens with one attached hydrogen (secondary N) is 2. The van der Waals surface area contributed by atoms with Crippen LogP contribution in [0.5, 0.6) is 11.5 Å². The molecule has 0 saturated heterocycles. The first-order valence-corrected chi connectivity index (χ1v) is 11.7. The van der Waals surface area contributed by atoms with E-state index in [0.717, 1.165) is 30.8 Å². The normalized spacial score (nSPS) is 10.8. The Hall–Kier alpha value is -2.58. The lowest BCUT2D eigenvalue weighted by Gasteiger charge is -2.16. The Kier molecular flexibility index (Phi) is 8.15. The molecule has 0 aromatic heterocycles. The molecular formula is C24H24Br2N2O4. The van der Waals surface area contributed by atoms with Crippen LogP contribution in [-0.4, -0.2) is 25.0 Å². The third-order valence-corrected chi connectivity index (χ3v) is 6.47. The highest BCUT2D eigenvalue weighted by atomic mass is 79.9. The predicted molar refractivity (Wildman–Crippen MR) is 132 cm³/mol. The van der Waals surface area contributed by atoms with Crippen LogP contribution in [0.3, 0.4) is 0 Å². The quantitative estimate of drug-likeness (QED) is 0.377. The highest BCUT2D eigenvalue weighted by molar-refractivity contribution is 9.11. The number of hydrazine groups is 1. The number of carbonyl (C=O) groups excluding carboxylic acids is 2. The molecule has 32 heavy (non-hydrogen) atoms. The number of hydrogen-bond donors (Lipinski definition) is 2. The molecule has 0 radical (unpaired) electrons. The van der Waals surface area contributed by atoms with Crippen LogP contribution in [-0.2, 0) is 9.59 Å². The molecule has 0 bridgehead atoms. The van der Waals surface area contributed by atoms with Crippen molar-refractivity contribution in [2.75, 3.05) is 13.2 Å². The minimum absolute atomic E-state index is 0.224. The van der Waals surface area contributed by atoms with Gasteiger partial charge in [0.05, 0.1) is 4.47 Å². The second kappa shape index (κ2) is 10.8. The van der Waals surface area contributed by atoms with Crippen LogP contribution in [0.2, 0.25) is 0 Å². The summed E-state index contributed by atoms with van der Waals surface area (Å²) in [6.45, 7) is 5.59. The van der Waals surface area contributed by atoms with Gasteiger partial charge in [0.25, 0.3) is 11.8 Å². The van der Waals surface area contributed by atoms with Gasteiger partial charge in [-0.3, -0.25) is 20.4 Å². The van der Waals surface area contributed by atoms with Gasteiger partial charge in [0.2, 0.25) is 0 Å². The Balaban J connectivity index is 1.49. The van der Waals surface area contributed by atoms with Crippen LogP contribution in [0, 0.1) is 6.92 Å². The van der Waals surface area contributed by atoms with E-state index < -0.39 is 11.8 Å². The van der Waals surface area contributed by atoms with E-state index in [1.165, 1.54) is 0 Å². The molecule has 3 aromatic carbocycles. The molecule has 8 heteroatoms. The van der Waals surface area contributed by atoms with Gasteiger partial charge < -0.3 is 9.47 Å². The van der Waals surface area contributed by atoms with Crippen LogP contribution in [0.25, 0.3) is 10.8 Å². The van der Waals surface area contributed by atoms with Crippen LogP contribution in [0.1, 0.15) is 30.9 Å². The topological polar surface area (TPSA) is 76.7 Å². The fraction of sp³-hybridized carbons (Fsp3) is 0.250. The van der Waals surface area contributed by atoms with E-state index in [4.69, 9.17) is 9.47 Å². The predicted octanol–water partition coefficient (Wildman–Crippen LogP) is 5.40. The largest absolute Gasteiger partial charge is 0.483 e. The van der Waals surface area contributed by atoms with Gasteiger partial charge in [-0.25, -0.2) is 0 Å². The SMILES string of the molecule is Cc1cc(OCC(=O)NNC(=O)COc2ccc3ccccc3c2Br)c(C(C)C)cc1Br. The standard InChI is InChI=1S/C24H24Br2N2O4/c1-14(2)18-11-19(25)15(3)10-21(18)32-13-23(30)28-27-22(29)12-31-20-9-8-16-6-4-5-7-17(16)24(20)26/h4-11,14H,12-13H2,1-3H3,(H,27,29)(H,28,30). The fourth-order valence-electron chi connectivity index (χ4n) is 3.07. The molecule has 6 nitrogen and oxygen atoms in total. The molecule has 0 aliphatic carbocycles. The molecule has 0 fully saturated rings. The van der Waals surface area contributed by atoms with Crippen molar-refractivity contribution in [1.29, 1.82) is 0 Å². The summed E-state index contributed by atoms with van der Waals surface area (Å²) in [6, 6.07) is 15.4. The Morgan fingerprint density at radius 3 is 2.19 bits per heavy atom. The Morgan fingerprint density at radius 2 is 1.53 bits per heavy atom. The molecule has 0 aliphatic rings. The van der Waals surface area contributed by atoms with E-state index in [1.807, 2.05) is 49.4 Å². The second-order valence-corrected chi connectivity index (χ2v) is 9.21. The summed E-state index contributed by atoms with van der Waals surface area (Å²) >= 11 is 7.04. The van der Waals surface area contributed by atoms with E-state index in [9.17, 15) is 9.59 Å². The number of hydrogen-bond acceptors (Lipinski definition) is 4. The highest BCUT2D eigenvalue weighted by Crippen LogP contribution is 2.33. The maximum Gasteiger partial charge on any atom is 0.276 e. The number of rotatable bonds is 7. The van der Waals surface area contributed by atoms with Gasteiger partial charge in [0.1, 0.15) is 11.5 Å². The van der Waals surface area contributed by atoms with Crippen molar-refractivity contribution in [2.24, 2.45) is 0 Å². The molecule has 168 valence electrons. The maximum absolute atomic E-state index is 12.1. The lowest BCUT2D eigenvalue weighted by molar-refractivity contribution is -0.131. The van der Waals surface area contributed by atoms with Crippen LogP contribution in [0.4, 0.5) is 0 Å². The molecule has 3 aromatic rings. The third-order valence-electron chi connectivity index (χ3n) is 4.80. The molecule has 0 aliphatic heterocycles. The Morgan fingerprint density at radius 1 is 0.906 bits per heavy atom. The smallest absolute Gasteiger partial charge is 0.276 e. The van der Waals surface area contributed by atoms with Crippen molar-refractivity contribution in [3.05, 3.63) is 68.6 Å². The van der Waals surface area contributed by atoms with Crippen molar-refractivity contribution in [3.8, 4) is 11.5 Å². The van der Waals surface area contributed by atoms with Gasteiger partial charge in [0, 0.05) is 4.47 Å². The summed E-state index contributed by atoms with van der Waals surface area (Å²) < 4.78 is 13.0. The van der Waals surface area contributed by atoms with Gasteiger partial charge >= 0.3 is 0 Å². The Labute approximate surface area is 203 Å². The van der Waals surface area contributed by atoms with Gasteiger partial charge in [-0.05, 0) is 68.9 Å². The zero-order valence-electron chi connectivity index (χ0n) is 18.0. The number of aryl methyl sites for hydroxylation is 1. The zero-order valence-corrected chi connectivity index (χ0v) is 21.2. The van der Waals surface area contributed by atoms with Gasteiger partial charge in [-0.1, -0.05) is 60.1 Å². The van der Waals surface area contributed by atoms with Crippen LogP contribution >= 0.6 is 31.9 Å². The summed E-state index contributed by atoms with van der Waals surface area (Å²) in [7, 11) is 0. The molecule has 0 spiro atoms. The third kappa shape index (κ3) is 6.01. The van der Waals surface area contributed by atoms with E-state index in [2.05, 4.69) is 56.6 Å². The fourth-order valence-corrected chi connectivity index (χ4v) is 4.04. The summed E-state index contributed by atoms with van der Waals surface area (Å²) in [5, 5.41) is 2.05. The monoisotopic (exact) mass is 562 g/mol. The first-order chi connectivity index (χ1) is 15.3. The molecule has 0 heterocycles. The molecular weight excluding hydrogens is 540 g/mol. The number of benzene rings is 3. The lowest BCUT2D eigenvalue weighted by Crippen LogP contribution is -2.45. The second-order valence-electron chi connectivity index (χ2n) is 7.57. The first-order valence-electron chi connectivity index (χ1n) is 10.1. The summed E-state index contributed by atoms with van der Waals surface area (Å²) in [4.78, 5) is 24.2. The average molecular weight is 564 g/mol. The molecule has 0 unspecified atom stereocenters. The minimum Gasteiger partial charge on any atom is -0.483 e. The summed E-state index contributed by atoms with van der Waals surface area (Å²) in [6.07, 6.45) is 0. The molecule has 2 amide bonds. The van der Waals surface area contributed by atoms with Crippen molar-refractivity contribution >= 4 is 54.4 Å². The van der Waals surface area contributed by atoms with Gasteiger partial charge in [0.15, 0.2) is 13.2 Å². The number of amides is 2. The van der Waals surface area contributed by atoms with Crippen molar-refractivity contribution in [2.45, 2.75) is 26.7 Å². The van der Waals surface area contributed by atoms with Gasteiger partial charge in [-0.15, -0.1) is 0 Å². The van der Waals surface area contributed by atoms with Crippen molar-refractivity contribution in [3.63, 3.8) is 0 Å². The molecule has 0 atom stereocenters. The Bertz CT molecular complexity index is 1150. The number of carbonyl (C=O) groups is 2. The maximum atomic E-state index is 12.1. The van der Waals surface area contributed by atoms with Crippen LogP contribution in [0.15, 0.2) is 57.5 Å². The van der Waals surface area contributed by atoms with E-state index in [0.29, 0.717) is 11.5 Å². The molecule has 2 N–H and O–H groups in total. The minimum atomic E-state index is -0.485. The first kappa shape index (κ1) is 24.1. The summed E-state index contributed by atoms with van der Waals surface area (Å²) in [5.41, 5.74) is 6.68. The number of ether oxygens (including phenoxy) is 2. The van der Waals surface area contributed by atoms with E-state index >= 15 is 0 Å². The van der Waals surface area contributed by atoms with E-state index in [1.54, 1.807) is 6.07 Å². The van der Waals surface area contributed by atoms with Crippen molar-refractivity contribution in [1.82, 2.24) is 10.9 Å². The number of halogens is 2. The number of fused-ring (bicyclic) bond motifs is 1. The molecule has 0 saturated carbocycles. The lowest BCUT2D eigenvalue weighted by atomic mass is 10.0. The van der Waals surface area contributed by atoms with Crippen LogP contribution < -0.4 is 20.3 Å². The van der Waals surface area contributed by atoms with Gasteiger partial charge in [-0.2, -0.15) is 0 Å². The summed E-state index contributed by atoms with van der Waals surface area (Å²) in [5.74, 6) is 0.463. The zero-order chi connectivity index (χ0) is 23.3. The highest BCUT2D eigenvalue weighted by Gasteiger charge is 2.13. The average Bonchev–Trinajstić information content (AvgIpc) is 2.77.